The Kier molecular flexibility index (Phi) is 6.41. The summed E-state index contributed by atoms with van der Waals surface area (Å²) in [5.74, 6) is 0.604. The number of nitrogens with one attached hydrogen (secondary N) is 1. The van der Waals surface area contributed by atoms with E-state index in [4.69, 9.17) is 9.47 Å². The number of hydrogen-bond donors (Lipinski definition) is 1. The van der Waals surface area contributed by atoms with E-state index in [0.29, 0.717) is 25.6 Å². The molecule has 0 aliphatic heterocycles. The molecule has 4 nitrogen and oxygen atoms in total. The molecule has 0 bridgehead atoms. The zero-order chi connectivity index (χ0) is 16.7. The lowest BCUT2D eigenvalue weighted by Gasteiger charge is -2.20. The molecule has 0 radical (unpaired) electrons. The molecule has 2 rings (SSSR count). The van der Waals surface area contributed by atoms with Gasteiger partial charge in [-0.1, -0.05) is 57.2 Å². The summed E-state index contributed by atoms with van der Waals surface area (Å²) in [7, 11) is 0. The molecule has 0 saturated carbocycles. The molecule has 124 valence electrons. The summed E-state index contributed by atoms with van der Waals surface area (Å²) in [6, 6.07) is 14.4. The Bertz CT molecular complexity index is 634. The van der Waals surface area contributed by atoms with E-state index in [1.54, 1.807) is 6.92 Å². The van der Waals surface area contributed by atoms with Crippen molar-refractivity contribution in [3.8, 4) is 5.75 Å². The van der Waals surface area contributed by atoms with Crippen LogP contribution in [-0.2, 0) is 9.53 Å². The van der Waals surface area contributed by atoms with Crippen molar-refractivity contribution in [1.82, 2.24) is 5.32 Å². The molecule has 0 saturated heterocycles. The van der Waals surface area contributed by atoms with Gasteiger partial charge in [0.2, 0.25) is 0 Å². The molecule has 0 aliphatic rings. The van der Waals surface area contributed by atoms with E-state index in [9.17, 15) is 4.79 Å². The summed E-state index contributed by atoms with van der Waals surface area (Å²) in [4.78, 5) is 11.6. The van der Waals surface area contributed by atoms with Crippen molar-refractivity contribution in [2.24, 2.45) is 0 Å². The molecule has 0 spiro atoms. The Balaban J connectivity index is 2.05. The highest BCUT2D eigenvalue weighted by atomic mass is 16.6. The summed E-state index contributed by atoms with van der Waals surface area (Å²) in [6.07, 6.45) is 0.0655. The molecule has 23 heavy (non-hydrogen) atoms. The first-order valence-corrected chi connectivity index (χ1v) is 8.13. The van der Waals surface area contributed by atoms with E-state index in [-0.39, 0.29) is 12.1 Å². The lowest BCUT2D eigenvalue weighted by Crippen LogP contribution is -2.38. The van der Waals surface area contributed by atoms with Gasteiger partial charge >= 0.3 is 5.97 Å². The SMILES string of the molecule is CCC(=O)O[C@H](CNC(C)C)COc1cccc2ccccc12. The van der Waals surface area contributed by atoms with Gasteiger partial charge in [-0.2, -0.15) is 0 Å². The van der Waals surface area contributed by atoms with Gasteiger partial charge < -0.3 is 14.8 Å². The minimum Gasteiger partial charge on any atom is -0.489 e. The highest BCUT2D eigenvalue weighted by Gasteiger charge is 2.15. The van der Waals surface area contributed by atoms with Crippen molar-refractivity contribution < 1.29 is 14.3 Å². The van der Waals surface area contributed by atoms with E-state index in [2.05, 4.69) is 31.3 Å². The summed E-state index contributed by atoms with van der Waals surface area (Å²) >= 11 is 0. The highest BCUT2D eigenvalue weighted by Crippen LogP contribution is 2.25. The van der Waals surface area contributed by atoms with Crippen LogP contribution in [0.1, 0.15) is 27.2 Å². The van der Waals surface area contributed by atoms with Crippen molar-refractivity contribution in [1.29, 1.82) is 0 Å². The summed E-state index contributed by atoms with van der Waals surface area (Å²) in [5, 5.41) is 5.49. The maximum Gasteiger partial charge on any atom is 0.305 e. The predicted octanol–water partition coefficient (Wildman–Crippen LogP) is 3.54. The molecule has 0 aromatic heterocycles. The molecule has 0 heterocycles. The number of carbonyl (C=O) groups is 1. The van der Waals surface area contributed by atoms with Gasteiger partial charge in [0.05, 0.1) is 0 Å². The second kappa shape index (κ2) is 8.53. The third kappa shape index (κ3) is 5.25. The number of rotatable bonds is 8. The van der Waals surface area contributed by atoms with Crippen LogP contribution in [0.4, 0.5) is 0 Å². The standard InChI is InChI=1S/C19H25NO3/c1-4-19(21)23-16(12-20-14(2)3)13-22-18-11-7-9-15-8-5-6-10-17(15)18/h5-11,14,16,20H,4,12-13H2,1-3H3/t16-/m1/s1. The van der Waals surface area contributed by atoms with Gasteiger partial charge in [-0.3, -0.25) is 4.79 Å². The van der Waals surface area contributed by atoms with E-state index < -0.39 is 0 Å². The Morgan fingerprint density at radius 1 is 1.13 bits per heavy atom. The van der Waals surface area contributed by atoms with Gasteiger partial charge in [0.1, 0.15) is 18.5 Å². The molecular formula is C19H25NO3. The second-order valence-corrected chi connectivity index (χ2v) is 5.82. The molecule has 1 atom stereocenters. The monoisotopic (exact) mass is 315 g/mol. The maximum atomic E-state index is 11.6. The average molecular weight is 315 g/mol. The van der Waals surface area contributed by atoms with E-state index in [1.807, 2.05) is 30.3 Å². The van der Waals surface area contributed by atoms with Crippen LogP contribution in [0.2, 0.25) is 0 Å². The third-order valence-electron chi connectivity index (χ3n) is 3.51. The highest BCUT2D eigenvalue weighted by molar-refractivity contribution is 5.88. The molecule has 4 heteroatoms. The molecular weight excluding hydrogens is 290 g/mol. The van der Waals surface area contributed by atoms with Crippen molar-refractivity contribution in [3.63, 3.8) is 0 Å². The Hall–Kier alpha value is -2.07. The minimum atomic E-state index is -0.302. The number of ether oxygens (including phenoxy) is 2. The van der Waals surface area contributed by atoms with Crippen LogP contribution < -0.4 is 10.1 Å². The zero-order valence-electron chi connectivity index (χ0n) is 14.0. The van der Waals surface area contributed by atoms with E-state index >= 15 is 0 Å². The van der Waals surface area contributed by atoms with E-state index in [0.717, 1.165) is 16.5 Å². The summed E-state index contributed by atoms with van der Waals surface area (Å²) in [6.45, 7) is 6.82. The van der Waals surface area contributed by atoms with Crippen molar-refractivity contribution >= 4 is 16.7 Å². The van der Waals surface area contributed by atoms with Gasteiger partial charge in [-0.15, -0.1) is 0 Å². The lowest BCUT2D eigenvalue weighted by atomic mass is 10.1. The average Bonchev–Trinajstić information content (AvgIpc) is 2.56. The molecule has 2 aromatic rings. The van der Waals surface area contributed by atoms with Crippen molar-refractivity contribution in [3.05, 3.63) is 42.5 Å². The van der Waals surface area contributed by atoms with Crippen LogP contribution in [0, 0.1) is 0 Å². The zero-order valence-corrected chi connectivity index (χ0v) is 14.0. The Labute approximate surface area is 137 Å². The second-order valence-electron chi connectivity index (χ2n) is 5.82. The fourth-order valence-corrected chi connectivity index (χ4v) is 2.28. The number of benzene rings is 2. The van der Waals surface area contributed by atoms with Crippen LogP contribution in [0.15, 0.2) is 42.5 Å². The number of esters is 1. The lowest BCUT2D eigenvalue weighted by molar-refractivity contribution is -0.150. The van der Waals surface area contributed by atoms with Crippen LogP contribution in [0.25, 0.3) is 10.8 Å². The van der Waals surface area contributed by atoms with Crippen LogP contribution >= 0.6 is 0 Å². The molecule has 0 unspecified atom stereocenters. The van der Waals surface area contributed by atoms with Crippen LogP contribution in [0.5, 0.6) is 5.75 Å². The molecule has 0 aliphatic carbocycles. The van der Waals surface area contributed by atoms with Crippen molar-refractivity contribution in [2.75, 3.05) is 13.2 Å². The fraction of sp³-hybridized carbons (Fsp3) is 0.421. The molecule has 0 fully saturated rings. The quantitative estimate of drug-likeness (QED) is 0.757. The summed E-state index contributed by atoms with van der Waals surface area (Å²) < 4.78 is 11.4. The van der Waals surface area contributed by atoms with Gasteiger partial charge in [-0.05, 0) is 11.5 Å². The van der Waals surface area contributed by atoms with Gasteiger partial charge in [-0.25, -0.2) is 0 Å². The maximum absolute atomic E-state index is 11.6. The predicted molar refractivity (Wildman–Crippen MR) is 92.8 cm³/mol. The fourth-order valence-electron chi connectivity index (χ4n) is 2.28. The first-order valence-electron chi connectivity index (χ1n) is 8.13. The first-order chi connectivity index (χ1) is 11.1. The number of fused-ring (bicyclic) bond motifs is 1. The first kappa shape index (κ1) is 17.3. The largest absolute Gasteiger partial charge is 0.489 e. The van der Waals surface area contributed by atoms with Gasteiger partial charge in [0.25, 0.3) is 0 Å². The topological polar surface area (TPSA) is 47.6 Å². The van der Waals surface area contributed by atoms with Crippen molar-refractivity contribution in [2.45, 2.75) is 39.3 Å². The van der Waals surface area contributed by atoms with E-state index in [1.165, 1.54) is 0 Å². The van der Waals surface area contributed by atoms with Crippen LogP contribution in [-0.4, -0.2) is 31.3 Å². The number of hydrogen-bond acceptors (Lipinski definition) is 4. The Morgan fingerprint density at radius 3 is 2.61 bits per heavy atom. The smallest absolute Gasteiger partial charge is 0.305 e. The molecule has 0 amide bonds. The third-order valence-corrected chi connectivity index (χ3v) is 3.51. The van der Waals surface area contributed by atoms with Crippen LogP contribution in [0.3, 0.4) is 0 Å². The number of carbonyl (C=O) groups excluding carboxylic acids is 1. The normalized spacial score (nSPS) is 12.3. The Morgan fingerprint density at radius 2 is 1.87 bits per heavy atom. The summed E-state index contributed by atoms with van der Waals surface area (Å²) in [5.41, 5.74) is 0. The molecule has 2 aromatic carbocycles. The molecule has 1 N–H and O–H groups in total. The van der Waals surface area contributed by atoms with Gasteiger partial charge in [0.15, 0.2) is 0 Å². The van der Waals surface area contributed by atoms with Gasteiger partial charge in [0, 0.05) is 24.4 Å². The minimum absolute atomic E-state index is 0.206.